The topological polar surface area (TPSA) is 66.4 Å². The fraction of sp³-hybridized carbons (Fsp3) is 0.846. The molecule has 1 atom stereocenters. The van der Waals surface area contributed by atoms with E-state index in [1.54, 1.807) is 0 Å². The summed E-state index contributed by atoms with van der Waals surface area (Å²) in [4.78, 5) is 22.8. The minimum atomic E-state index is -0.894. The molecule has 1 unspecified atom stereocenters. The maximum atomic E-state index is 11.6. The Labute approximate surface area is 103 Å². The number of carbonyl (C=O) groups is 2. The van der Waals surface area contributed by atoms with E-state index in [0.29, 0.717) is 6.42 Å². The molecule has 0 aliphatic heterocycles. The van der Waals surface area contributed by atoms with Crippen LogP contribution in [-0.4, -0.2) is 23.0 Å². The maximum Gasteiger partial charge on any atom is 0.326 e. The fourth-order valence-corrected chi connectivity index (χ4v) is 2.45. The zero-order chi connectivity index (χ0) is 12.8. The summed E-state index contributed by atoms with van der Waals surface area (Å²) < 4.78 is 0. The summed E-state index contributed by atoms with van der Waals surface area (Å²) >= 11 is 0. The van der Waals surface area contributed by atoms with Crippen molar-refractivity contribution in [3.63, 3.8) is 0 Å². The molecule has 0 aromatic carbocycles. The molecule has 0 radical (unpaired) electrons. The van der Waals surface area contributed by atoms with Crippen LogP contribution in [0, 0.1) is 11.8 Å². The van der Waals surface area contributed by atoms with Gasteiger partial charge >= 0.3 is 5.97 Å². The highest BCUT2D eigenvalue weighted by Gasteiger charge is 2.30. The van der Waals surface area contributed by atoms with Crippen LogP contribution in [0.3, 0.4) is 0 Å². The van der Waals surface area contributed by atoms with Crippen LogP contribution < -0.4 is 5.32 Å². The molecule has 1 aliphatic rings. The average molecular weight is 241 g/mol. The van der Waals surface area contributed by atoms with E-state index < -0.39 is 12.0 Å². The number of amides is 1. The molecule has 0 aromatic rings. The van der Waals surface area contributed by atoms with Crippen LogP contribution >= 0.6 is 0 Å². The van der Waals surface area contributed by atoms with Gasteiger partial charge < -0.3 is 10.4 Å². The number of nitrogens with one attached hydrogen (secondary N) is 1. The summed E-state index contributed by atoms with van der Waals surface area (Å²) in [6.45, 7) is 3.91. The second kappa shape index (κ2) is 6.62. The van der Waals surface area contributed by atoms with Crippen molar-refractivity contribution in [3.8, 4) is 0 Å². The zero-order valence-electron chi connectivity index (χ0n) is 10.7. The highest BCUT2D eigenvalue weighted by atomic mass is 16.4. The van der Waals surface area contributed by atoms with Crippen LogP contribution in [0.1, 0.15) is 52.4 Å². The molecule has 0 aromatic heterocycles. The monoisotopic (exact) mass is 241 g/mol. The predicted molar refractivity (Wildman–Crippen MR) is 65.6 cm³/mol. The number of rotatable bonds is 5. The zero-order valence-corrected chi connectivity index (χ0v) is 10.7. The fourth-order valence-electron chi connectivity index (χ4n) is 2.45. The molecule has 1 saturated carbocycles. The summed E-state index contributed by atoms with van der Waals surface area (Å²) in [5, 5.41) is 11.9. The maximum absolute atomic E-state index is 11.6. The van der Waals surface area contributed by atoms with Crippen LogP contribution in [0.25, 0.3) is 0 Å². The van der Waals surface area contributed by atoms with Gasteiger partial charge in [-0.15, -0.1) is 0 Å². The third kappa shape index (κ3) is 4.75. The van der Waals surface area contributed by atoms with Crippen molar-refractivity contribution in [2.45, 2.75) is 58.4 Å². The summed E-state index contributed by atoms with van der Waals surface area (Å²) in [5.74, 6) is -0.667. The van der Waals surface area contributed by atoms with E-state index in [0.717, 1.165) is 25.7 Å². The Morgan fingerprint density at radius 2 is 1.82 bits per heavy atom. The van der Waals surface area contributed by atoms with Crippen molar-refractivity contribution < 1.29 is 14.7 Å². The molecule has 98 valence electrons. The lowest BCUT2D eigenvalue weighted by Gasteiger charge is -2.28. The van der Waals surface area contributed by atoms with E-state index in [-0.39, 0.29) is 17.7 Å². The summed E-state index contributed by atoms with van der Waals surface area (Å²) in [6.07, 6.45) is 5.57. The first-order valence-electron chi connectivity index (χ1n) is 6.53. The quantitative estimate of drug-likeness (QED) is 0.775. The Balaban J connectivity index is 2.53. The second-order valence-corrected chi connectivity index (χ2v) is 5.38. The largest absolute Gasteiger partial charge is 0.480 e. The molecule has 1 rings (SSSR count). The molecule has 0 saturated heterocycles. The molecule has 1 amide bonds. The van der Waals surface area contributed by atoms with Gasteiger partial charge in [0.1, 0.15) is 6.04 Å². The number of hydrogen-bond donors (Lipinski definition) is 2. The average Bonchev–Trinajstić information content (AvgIpc) is 2.25. The molecule has 4 heteroatoms. The minimum absolute atomic E-state index is 0.109. The van der Waals surface area contributed by atoms with Gasteiger partial charge in [-0.1, -0.05) is 33.1 Å². The van der Waals surface area contributed by atoms with E-state index in [1.807, 2.05) is 13.8 Å². The Kier molecular flexibility index (Phi) is 5.45. The van der Waals surface area contributed by atoms with Crippen molar-refractivity contribution >= 4 is 11.9 Å². The Hall–Kier alpha value is -1.06. The van der Waals surface area contributed by atoms with Gasteiger partial charge in [-0.2, -0.15) is 0 Å². The summed E-state index contributed by atoms with van der Waals surface area (Å²) in [5.41, 5.74) is 0. The Bertz CT molecular complexity index is 270. The van der Waals surface area contributed by atoms with Crippen LogP contribution in [0.5, 0.6) is 0 Å². The van der Waals surface area contributed by atoms with Gasteiger partial charge in [-0.05, 0) is 24.7 Å². The molecule has 0 heterocycles. The molecule has 1 fully saturated rings. The molecule has 0 spiro atoms. The van der Waals surface area contributed by atoms with Crippen LogP contribution in [0.15, 0.2) is 0 Å². The number of aliphatic carboxylic acids is 1. The number of hydrogen-bond acceptors (Lipinski definition) is 2. The van der Waals surface area contributed by atoms with Gasteiger partial charge in [0.05, 0.1) is 0 Å². The smallest absolute Gasteiger partial charge is 0.326 e. The van der Waals surface area contributed by atoms with Crippen molar-refractivity contribution in [2.24, 2.45) is 11.8 Å². The van der Waals surface area contributed by atoms with Gasteiger partial charge in [0, 0.05) is 6.42 Å². The van der Waals surface area contributed by atoms with Crippen molar-refractivity contribution in [1.82, 2.24) is 5.32 Å². The van der Waals surface area contributed by atoms with Crippen LogP contribution in [0.2, 0.25) is 0 Å². The number of carbonyl (C=O) groups excluding carboxylic acids is 1. The third-order valence-electron chi connectivity index (χ3n) is 3.30. The van der Waals surface area contributed by atoms with Crippen LogP contribution in [0.4, 0.5) is 0 Å². The van der Waals surface area contributed by atoms with Crippen LogP contribution in [-0.2, 0) is 9.59 Å². The van der Waals surface area contributed by atoms with Crippen molar-refractivity contribution in [2.75, 3.05) is 0 Å². The van der Waals surface area contributed by atoms with Crippen molar-refractivity contribution in [1.29, 1.82) is 0 Å². The molecular weight excluding hydrogens is 218 g/mol. The highest BCUT2D eigenvalue weighted by Crippen LogP contribution is 2.26. The van der Waals surface area contributed by atoms with Crippen molar-refractivity contribution in [3.05, 3.63) is 0 Å². The first kappa shape index (κ1) is 14.0. The lowest BCUT2D eigenvalue weighted by Crippen LogP contribution is -2.46. The van der Waals surface area contributed by atoms with Gasteiger partial charge in [-0.3, -0.25) is 4.79 Å². The number of carboxylic acid groups (broad SMARTS) is 1. The molecule has 0 bridgehead atoms. The molecule has 1 aliphatic carbocycles. The highest BCUT2D eigenvalue weighted by molar-refractivity contribution is 5.83. The van der Waals surface area contributed by atoms with E-state index in [9.17, 15) is 14.7 Å². The first-order chi connectivity index (χ1) is 8.00. The van der Waals surface area contributed by atoms with Gasteiger partial charge in [0.15, 0.2) is 0 Å². The second-order valence-electron chi connectivity index (χ2n) is 5.38. The standard InChI is InChI=1S/C13H23NO3/c1-9(2)8-11(15)14-12(13(16)17)10-6-4-3-5-7-10/h9-10,12H,3-8H2,1-2H3,(H,14,15)(H,16,17). The number of carboxylic acids is 1. The molecule has 17 heavy (non-hydrogen) atoms. The predicted octanol–water partition coefficient (Wildman–Crippen LogP) is 2.18. The Morgan fingerprint density at radius 1 is 1.24 bits per heavy atom. The van der Waals surface area contributed by atoms with E-state index in [4.69, 9.17) is 0 Å². The van der Waals surface area contributed by atoms with Gasteiger partial charge in [0.2, 0.25) is 5.91 Å². The first-order valence-corrected chi connectivity index (χ1v) is 6.53. The molecule has 4 nitrogen and oxygen atoms in total. The summed E-state index contributed by atoms with van der Waals surface area (Å²) in [7, 11) is 0. The lowest BCUT2D eigenvalue weighted by molar-refractivity contribution is -0.144. The SMILES string of the molecule is CC(C)CC(=O)NC(C(=O)O)C1CCCCC1. The van der Waals surface area contributed by atoms with E-state index in [1.165, 1.54) is 6.42 Å². The van der Waals surface area contributed by atoms with E-state index in [2.05, 4.69) is 5.32 Å². The van der Waals surface area contributed by atoms with E-state index >= 15 is 0 Å². The van der Waals surface area contributed by atoms with Gasteiger partial charge in [0.25, 0.3) is 0 Å². The molecular formula is C13H23NO3. The van der Waals surface area contributed by atoms with Gasteiger partial charge in [-0.25, -0.2) is 4.79 Å². The molecule has 2 N–H and O–H groups in total. The minimum Gasteiger partial charge on any atom is -0.480 e. The summed E-state index contributed by atoms with van der Waals surface area (Å²) in [6, 6.07) is -0.693. The lowest BCUT2D eigenvalue weighted by atomic mass is 9.84. The Morgan fingerprint density at radius 3 is 2.29 bits per heavy atom. The normalized spacial score (nSPS) is 19.0. The third-order valence-corrected chi connectivity index (χ3v) is 3.30.